The van der Waals surface area contributed by atoms with Crippen LogP contribution in [0.4, 0.5) is 0 Å². The third-order valence-electron chi connectivity index (χ3n) is 4.93. The van der Waals surface area contributed by atoms with E-state index in [0.29, 0.717) is 13.0 Å². The molecule has 0 radical (unpaired) electrons. The van der Waals surface area contributed by atoms with Gasteiger partial charge in [0.25, 0.3) is 0 Å². The zero-order valence-electron chi connectivity index (χ0n) is 14.9. The highest BCUT2D eigenvalue weighted by Crippen LogP contribution is 2.35. The van der Waals surface area contributed by atoms with Crippen molar-refractivity contribution in [1.29, 1.82) is 0 Å². The molecule has 2 atom stereocenters. The van der Waals surface area contributed by atoms with Gasteiger partial charge in [-0.15, -0.1) is 0 Å². The van der Waals surface area contributed by atoms with E-state index in [1.807, 2.05) is 43.3 Å². The van der Waals surface area contributed by atoms with Gasteiger partial charge in [-0.1, -0.05) is 30.3 Å². The van der Waals surface area contributed by atoms with Gasteiger partial charge in [-0.25, -0.2) is 0 Å². The van der Waals surface area contributed by atoms with E-state index in [2.05, 4.69) is 22.4 Å². The van der Waals surface area contributed by atoms with Gasteiger partial charge in [-0.05, 0) is 36.2 Å². The van der Waals surface area contributed by atoms with E-state index in [1.165, 1.54) is 5.56 Å². The van der Waals surface area contributed by atoms with Crippen molar-refractivity contribution in [3.8, 4) is 5.75 Å². The minimum atomic E-state index is -0.367. The molecule has 4 rings (SSSR count). The summed E-state index contributed by atoms with van der Waals surface area (Å²) in [5.74, 6) is 0.602. The smallest absolute Gasteiger partial charge is 0.323 e. The number of para-hydroxylation sites is 1. The minimum Gasteiger partial charge on any atom is -0.497 e. The minimum absolute atomic E-state index is 0.105. The van der Waals surface area contributed by atoms with Gasteiger partial charge in [0.2, 0.25) is 0 Å². The van der Waals surface area contributed by atoms with E-state index in [1.54, 1.807) is 7.11 Å². The zero-order chi connectivity index (χ0) is 18.1. The van der Waals surface area contributed by atoms with Crippen molar-refractivity contribution >= 4 is 16.9 Å². The van der Waals surface area contributed by atoms with Crippen LogP contribution in [0.5, 0.6) is 5.75 Å². The lowest BCUT2D eigenvalue weighted by molar-refractivity contribution is -0.146. The zero-order valence-corrected chi connectivity index (χ0v) is 14.9. The normalized spacial score (nSPS) is 19.2. The van der Waals surface area contributed by atoms with Crippen molar-refractivity contribution < 1.29 is 14.3 Å². The van der Waals surface area contributed by atoms with Crippen molar-refractivity contribution in [2.24, 2.45) is 0 Å². The fourth-order valence-electron chi connectivity index (χ4n) is 3.69. The Hall–Kier alpha value is -2.79. The average molecular weight is 350 g/mol. The van der Waals surface area contributed by atoms with Crippen molar-refractivity contribution in [1.82, 2.24) is 10.3 Å². The maximum atomic E-state index is 12.4. The van der Waals surface area contributed by atoms with Crippen molar-refractivity contribution in [2.75, 3.05) is 13.7 Å². The molecule has 0 saturated carbocycles. The molecule has 5 heteroatoms. The Labute approximate surface area is 152 Å². The number of hydrogen-bond donors (Lipinski definition) is 2. The second-order valence-electron chi connectivity index (χ2n) is 6.44. The number of fused-ring (bicyclic) bond motifs is 3. The summed E-state index contributed by atoms with van der Waals surface area (Å²) in [6.07, 6.45) is 0.616. The van der Waals surface area contributed by atoms with Gasteiger partial charge in [0.05, 0.1) is 19.8 Å². The summed E-state index contributed by atoms with van der Waals surface area (Å²) in [5.41, 5.74) is 4.45. The van der Waals surface area contributed by atoms with Crippen molar-refractivity contribution in [2.45, 2.75) is 25.4 Å². The molecule has 0 amide bonds. The van der Waals surface area contributed by atoms with Crippen LogP contribution in [-0.2, 0) is 16.0 Å². The fourth-order valence-corrected chi connectivity index (χ4v) is 3.69. The van der Waals surface area contributed by atoms with Gasteiger partial charge in [0, 0.05) is 23.0 Å². The second-order valence-corrected chi connectivity index (χ2v) is 6.44. The summed E-state index contributed by atoms with van der Waals surface area (Å²) in [6.45, 7) is 2.21. The molecule has 0 fully saturated rings. The molecule has 3 aromatic rings. The standard InChI is InChI=1S/C21H22N2O3/c1-3-26-21(24)18-12-16-15-6-4-5-7-17(15)22-20(16)19(23-18)13-8-10-14(25-2)11-9-13/h4-11,18-19,22-23H,3,12H2,1-2H3/t18-,19+/m1/s1. The Bertz CT molecular complexity index is 930. The van der Waals surface area contributed by atoms with Crippen molar-refractivity contribution in [3.63, 3.8) is 0 Å². The molecule has 1 aromatic heterocycles. The molecule has 2 heterocycles. The van der Waals surface area contributed by atoms with E-state index in [0.717, 1.165) is 27.9 Å². The largest absolute Gasteiger partial charge is 0.497 e. The molecule has 134 valence electrons. The Morgan fingerprint density at radius 2 is 1.92 bits per heavy atom. The summed E-state index contributed by atoms with van der Waals surface area (Å²) in [6, 6.07) is 15.7. The third-order valence-corrected chi connectivity index (χ3v) is 4.93. The van der Waals surface area contributed by atoms with Crippen LogP contribution in [-0.4, -0.2) is 30.7 Å². The molecule has 5 nitrogen and oxygen atoms in total. The molecule has 0 bridgehead atoms. The summed E-state index contributed by atoms with van der Waals surface area (Å²) < 4.78 is 10.5. The highest BCUT2D eigenvalue weighted by Gasteiger charge is 2.34. The molecular formula is C21H22N2O3. The highest BCUT2D eigenvalue weighted by molar-refractivity contribution is 5.87. The lowest BCUT2D eigenvalue weighted by Crippen LogP contribution is -2.45. The van der Waals surface area contributed by atoms with E-state index in [4.69, 9.17) is 9.47 Å². The number of rotatable bonds is 4. The number of methoxy groups -OCH3 is 1. The first kappa shape index (κ1) is 16.7. The molecule has 0 aliphatic carbocycles. The maximum absolute atomic E-state index is 12.4. The van der Waals surface area contributed by atoms with Gasteiger partial charge >= 0.3 is 5.97 Å². The monoisotopic (exact) mass is 350 g/mol. The highest BCUT2D eigenvalue weighted by atomic mass is 16.5. The topological polar surface area (TPSA) is 63.4 Å². The number of H-pyrrole nitrogens is 1. The molecule has 26 heavy (non-hydrogen) atoms. The van der Waals surface area contributed by atoms with Crippen LogP contribution >= 0.6 is 0 Å². The lowest BCUT2D eigenvalue weighted by atomic mass is 9.90. The van der Waals surface area contributed by atoms with Gasteiger partial charge in [0.15, 0.2) is 0 Å². The maximum Gasteiger partial charge on any atom is 0.323 e. The number of esters is 1. The number of benzene rings is 2. The van der Waals surface area contributed by atoms with Crippen LogP contribution in [0.2, 0.25) is 0 Å². The third kappa shape index (κ3) is 2.84. The molecule has 2 aromatic carbocycles. The first-order valence-corrected chi connectivity index (χ1v) is 8.87. The Morgan fingerprint density at radius 3 is 2.65 bits per heavy atom. The van der Waals surface area contributed by atoms with Crippen LogP contribution in [0.3, 0.4) is 0 Å². The molecular weight excluding hydrogens is 328 g/mol. The SMILES string of the molecule is CCOC(=O)[C@H]1Cc2c([nH]c3ccccc23)[C@H](c2ccc(OC)cc2)N1. The predicted octanol–water partition coefficient (Wildman–Crippen LogP) is 3.34. The number of hydrogen-bond acceptors (Lipinski definition) is 4. The Kier molecular flexibility index (Phi) is 4.39. The van der Waals surface area contributed by atoms with Gasteiger partial charge in [-0.3, -0.25) is 10.1 Å². The quantitative estimate of drug-likeness (QED) is 0.709. The van der Waals surface area contributed by atoms with Gasteiger partial charge in [-0.2, -0.15) is 0 Å². The average Bonchev–Trinajstić information content (AvgIpc) is 3.06. The summed E-state index contributed by atoms with van der Waals surface area (Å²) in [4.78, 5) is 16.0. The molecule has 1 aliphatic rings. The first-order chi connectivity index (χ1) is 12.7. The van der Waals surface area contributed by atoms with Crippen LogP contribution in [0.1, 0.15) is 29.8 Å². The Balaban J connectivity index is 1.80. The number of nitrogens with one attached hydrogen (secondary N) is 2. The van der Waals surface area contributed by atoms with E-state index in [-0.39, 0.29) is 18.1 Å². The molecule has 1 aliphatic heterocycles. The fraction of sp³-hybridized carbons (Fsp3) is 0.286. The first-order valence-electron chi connectivity index (χ1n) is 8.87. The molecule has 2 N–H and O–H groups in total. The Morgan fingerprint density at radius 1 is 1.15 bits per heavy atom. The molecule has 0 unspecified atom stereocenters. The summed E-state index contributed by atoms with van der Waals surface area (Å²) >= 11 is 0. The molecule has 0 saturated heterocycles. The lowest BCUT2D eigenvalue weighted by Gasteiger charge is -2.30. The van der Waals surface area contributed by atoms with Crippen LogP contribution in [0.25, 0.3) is 10.9 Å². The van der Waals surface area contributed by atoms with Crippen molar-refractivity contribution in [3.05, 3.63) is 65.4 Å². The number of aromatic nitrogens is 1. The van der Waals surface area contributed by atoms with Crippen LogP contribution in [0.15, 0.2) is 48.5 Å². The van der Waals surface area contributed by atoms with Gasteiger partial charge in [0.1, 0.15) is 11.8 Å². The number of carbonyl (C=O) groups excluding carboxylic acids is 1. The molecule has 0 spiro atoms. The van der Waals surface area contributed by atoms with E-state index < -0.39 is 0 Å². The number of aromatic amines is 1. The predicted molar refractivity (Wildman–Crippen MR) is 100 cm³/mol. The second kappa shape index (κ2) is 6.84. The van der Waals surface area contributed by atoms with E-state index >= 15 is 0 Å². The van der Waals surface area contributed by atoms with Crippen LogP contribution in [0, 0.1) is 0 Å². The number of ether oxygens (including phenoxy) is 2. The van der Waals surface area contributed by atoms with E-state index in [9.17, 15) is 4.79 Å². The van der Waals surface area contributed by atoms with Gasteiger partial charge < -0.3 is 14.5 Å². The van der Waals surface area contributed by atoms with Crippen LogP contribution < -0.4 is 10.1 Å². The summed E-state index contributed by atoms with van der Waals surface area (Å²) in [5, 5.41) is 4.63. The number of carbonyl (C=O) groups is 1. The summed E-state index contributed by atoms with van der Waals surface area (Å²) in [7, 11) is 1.65.